The lowest BCUT2D eigenvalue weighted by Gasteiger charge is -2.38. The molecule has 0 aliphatic heterocycles. The smallest absolute Gasteiger partial charge is 0.306 e. The maximum absolute atomic E-state index is 11.6. The molecule has 0 radical (unpaired) electrons. The molecule has 0 amide bonds. The standard InChI is InChI=1S/C14H24O4.C14H28O3/c1-9(2)11-5-4-10(3)8-12(11)18-14(17)7-6-13(15)16;1-10(2)12-6-5-11(3)7-13(12)17-9-14(4,16)8-15/h9-12H,4-8H2,1-3H3,(H,15,16);10-13,15-16H,5-9H2,1-4H3/t10-,11+,12-;11-,12+,13-,14?/m11/s1. The summed E-state index contributed by atoms with van der Waals surface area (Å²) in [5.74, 6) is 2.06. The average molecular weight is 501 g/mol. The molecule has 7 atom stereocenters. The van der Waals surface area contributed by atoms with E-state index in [9.17, 15) is 14.7 Å². The Hall–Kier alpha value is -1.18. The largest absolute Gasteiger partial charge is 0.481 e. The summed E-state index contributed by atoms with van der Waals surface area (Å²) in [5.41, 5.74) is -1.11. The van der Waals surface area contributed by atoms with E-state index in [-0.39, 0.29) is 44.2 Å². The summed E-state index contributed by atoms with van der Waals surface area (Å²) in [7, 11) is 0. The normalized spacial score (nSPS) is 30.8. The van der Waals surface area contributed by atoms with E-state index in [1.54, 1.807) is 6.92 Å². The Labute approximate surface area is 213 Å². The van der Waals surface area contributed by atoms with Gasteiger partial charge in [0.1, 0.15) is 11.7 Å². The molecular weight excluding hydrogens is 448 g/mol. The predicted molar refractivity (Wildman–Crippen MR) is 137 cm³/mol. The quantitative estimate of drug-likeness (QED) is 0.359. The Morgan fingerprint density at radius 3 is 1.83 bits per heavy atom. The second kappa shape index (κ2) is 15.2. The van der Waals surface area contributed by atoms with Crippen molar-refractivity contribution in [1.29, 1.82) is 0 Å². The van der Waals surface area contributed by atoms with E-state index in [0.29, 0.717) is 35.5 Å². The Kier molecular flexibility index (Phi) is 13.8. The van der Waals surface area contributed by atoms with Crippen LogP contribution in [0.3, 0.4) is 0 Å². The van der Waals surface area contributed by atoms with Crippen LogP contribution in [0.25, 0.3) is 0 Å². The molecule has 7 nitrogen and oxygen atoms in total. The number of carbonyl (C=O) groups is 2. The number of aliphatic carboxylic acids is 1. The van der Waals surface area contributed by atoms with Gasteiger partial charge >= 0.3 is 11.9 Å². The van der Waals surface area contributed by atoms with Gasteiger partial charge in [-0.3, -0.25) is 9.59 Å². The molecule has 2 aliphatic carbocycles. The SMILES string of the molecule is CC(C)[C@@H]1CC[C@@H](C)C[C@H]1OC(=O)CCC(=O)O.CC(C)[C@@H]1CC[C@@H](C)C[C@H]1OCC(C)(O)CO. The van der Waals surface area contributed by atoms with E-state index < -0.39 is 11.6 Å². The van der Waals surface area contributed by atoms with Gasteiger partial charge in [-0.25, -0.2) is 0 Å². The lowest BCUT2D eigenvalue weighted by molar-refractivity contribution is -0.158. The third-order valence-corrected chi connectivity index (χ3v) is 7.70. The molecule has 2 saturated carbocycles. The van der Waals surface area contributed by atoms with E-state index in [0.717, 1.165) is 19.3 Å². The summed E-state index contributed by atoms with van der Waals surface area (Å²) in [6.45, 7) is 14.8. The topological polar surface area (TPSA) is 113 Å². The molecule has 2 aliphatic rings. The van der Waals surface area contributed by atoms with Crippen molar-refractivity contribution in [3.63, 3.8) is 0 Å². The van der Waals surface area contributed by atoms with Crippen LogP contribution in [0.5, 0.6) is 0 Å². The number of carbonyl (C=O) groups excluding carboxylic acids is 1. The van der Waals surface area contributed by atoms with Crippen LogP contribution in [0, 0.1) is 35.5 Å². The lowest BCUT2D eigenvalue weighted by Crippen LogP contribution is -2.41. The molecule has 7 heteroatoms. The van der Waals surface area contributed by atoms with Crippen molar-refractivity contribution < 1.29 is 34.4 Å². The summed E-state index contributed by atoms with van der Waals surface area (Å²) in [5, 5.41) is 27.3. The van der Waals surface area contributed by atoms with Gasteiger partial charge in [-0.2, -0.15) is 0 Å². The average Bonchev–Trinajstić information content (AvgIpc) is 2.76. The zero-order valence-electron chi connectivity index (χ0n) is 23.2. The van der Waals surface area contributed by atoms with Gasteiger partial charge in [0.15, 0.2) is 0 Å². The number of carboxylic acid groups (broad SMARTS) is 1. The highest BCUT2D eigenvalue weighted by Crippen LogP contribution is 2.36. The summed E-state index contributed by atoms with van der Waals surface area (Å²) in [4.78, 5) is 22.0. The van der Waals surface area contributed by atoms with Crippen LogP contribution in [-0.4, -0.2) is 58.3 Å². The zero-order chi connectivity index (χ0) is 26.8. The minimum Gasteiger partial charge on any atom is -0.481 e. The Morgan fingerprint density at radius 1 is 0.886 bits per heavy atom. The number of aliphatic hydroxyl groups is 2. The number of rotatable bonds is 10. The van der Waals surface area contributed by atoms with E-state index in [1.807, 2.05) is 0 Å². The van der Waals surface area contributed by atoms with Gasteiger partial charge in [-0.1, -0.05) is 54.4 Å². The molecular formula is C28H52O7. The number of carboxylic acids is 1. The molecule has 0 heterocycles. The second-order valence-corrected chi connectivity index (χ2v) is 12.1. The van der Waals surface area contributed by atoms with E-state index in [1.165, 1.54) is 19.3 Å². The van der Waals surface area contributed by atoms with Crippen LogP contribution < -0.4 is 0 Å². The van der Waals surface area contributed by atoms with E-state index in [2.05, 4.69) is 41.5 Å². The van der Waals surface area contributed by atoms with Gasteiger partial charge in [0, 0.05) is 0 Å². The first kappa shape index (κ1) is 31.8. The van der Waals surface area contributed by atoms with Crippen molar-refractivity contribution in [2.45, 2.75) is 118 Å². The minimum atomic E-state index is -1.11. The minimum absolute atomic E-state index is 0.0228. The summed E-state index contributed by atoms with van der Waals surface area (Å²) in [6, 6.07) is 0. The molecule has 0 spiro atoms. The van der Waals surface area contributed by atoms with Crippen molar-refractivity contribution >= 4 is 11.9 Å². The molecule has 35 heavy (non-hydrogen) atoms. The molecule has 0 aromatic heterocycles. The summed E-state index contributed by atoms with van der Waals surface area (Å²) in [6.07, 6.45) is 6.78. The second-order valence-electron chi connectivity index (χ2n) is 12.1. The van der Waals surface area contributed by atoms with Gasteiger partial charge in [0.2, 0.25) is 0 Å². The number of hydrogen-bond donors (Lipinski definition) is 3. The molecule has 3 N–H and O–H groups in total. The van der Waals surface area contributed by atoms with Crippen LogP contribution in [0.2, 0.25) is 0 Å². The monoisotopic (exact) mass is 500 g/mol. The van der Waals surface area contributed by atoms with Crippen molar-refractivity contribution in [1.82, 2.24) is 0 Å². The van der Waals surface area contributed by atoms with Crippen LogP contribution in [-0.2, 0) is 19.1 Å². The Bertz CT molecular complexity index is 631. The van der Waals surface area contributed by atoms with Gasteiger partial charge in [-0.15, -0.1) is 0 Å². The molecule has 2 rings (SSSR count). The van der Waals surface area contributed by atoms with Crippen LogP contribution >= 0.6 is 0 Å². The van der Waals surface area contributed by atoms with Crippen LogP contribution in [0.15, 0.2) is 0 Å². The zero-order valence-corrected chi connectivity index (χ0v) is 23.2. The molecule has 2 fully saturated rings. The van der Waals surface area contributed by atoms with Crippen molar-refractivity contribution in [2.75, 3.05) is 13.2 Å². The van der Waals surface area contributed by atoms with Crippen molar-refractivity contribution in [2.24, 2.45) is 35.5 Å². The highest BCUT2D eigenvalue weighted by atomic mass is 16.5. The molecule has 0 aromatic rings. The maximum Gasteiger partial charge on any atom is 0.306 e. The maximum atomic E-state index is 11.6. The summed E-state index contributed by atoms with van der Waals surface area (Å²) >= 11 is 0. The van der Waals surface area contributed by atoms with Gasteiger partial charge < -0.3 is 24.8 Å². The third-order valence-electron chi connectivity index (χ3n) is 7.70. The highest BCUT2D eigenvalue weighted by Gasteiger charge is 2.34. The fourth-order valence-electron chi connectivity index (χ4n) is 5.33. The number of hydrogen-bond acceptors (Lipinski definition) is 6. The predicted octanol–water partition coefficient (Wildman–Crippen LogP) is 5.06. The molecule has 0 bridgehead atoms. The first-order valence-electron chi connectivity index (χ1n) is 13.6. The lowest BCUT2D eigenvalue weighted by atomic mass is 9.75. The first-order valence-corrected chi connectivity index (χ1v) is 13.6. The fraction of sp³-hybridized carbons (Fsp3) is 0.929. The third kappa shape index (κ3) is 12.1. The molecule has 1 unspecified atom stereocenters. The Morgan fingerprint density at radius 2 is 1.37 bits per heavy atom. The number of esters is 1. The Balaban J connectivity index is 0.000000351. The highest BCUT2D eigenvalue weighted by molar-refractivity contribution is 5.76. The molecule has 206 valence electrons. The molecule has 0 saturated heterocycles. The van der Waals surface area contributed by atoms with Crippen LogP contribution in [0.1, 0.15) is 99.8 Å². The van der Waals surface area contributed by atoms with E-state index in [4.69, 9.17) is 19.7 Å². The number of aliphatic hydroxyl groups excluding tert-OH is 1. The van der Waals surface area contributed by atoms with Crippen LogP contribution in [0.4, 0.5) is 0 Å². The van der Waals surface area contributed by atoms with Gasteiger partial charge in [0.05, 0.1) is 32.2 Å². The van der Waals surface area contributed by atoms with Gasteiger partial charge in [-0.05, 0) is 68.1 Å². The van der Waals surface area contributed by atoms with Crippen molar-refractivity contribution in [3.8, 4) is 0 Å². The van der Waals surface area contributed by atoms with Gasteiger partial charge in [0.25, 0.3) is 0 Å². The summed E-state index contributed by atoms with van der Waals surface area (Å²) < 4.78 is 11.4. The number of ether oxygens (including phenoxy) is 2. The fourth-order valence-corrected chi connectivity index (χ4v) is 5.33. The van der Waals surface area contributed by atoms with Crippen molar-refractivity contribution in [3.05, 3.63) is 0 Å². The van der Waals surface area contributed by atoms with E-state index >= 15 is 0 Å². The first-order chi connectivity index (χ1) is 16.3. The molecule has 0 aromatic carbocycles.